The second-order valence-corrected chi connectivity index (χ2v) is 7.71. The molecule has 1 aromatic carbocycles. The Morgan fingerprint density at radius 2 is 1.81 bits per heavy atom. The molecule has 1 aromatic rings. The normalized spacial score (nSPS) is 24.4. The van der Waals surface area contributed by atoms with E-state index in [-0.39, 0.29) is 12.1 Å². The van der Waals surface area contributed by atoms with Crippen LogP contribution in [0.1, 0.15) is 44.1 Å². The summed E-state index contributed by atoms with van der Waals surface area (Å²) in [4.78, 5) is 14.5. The molecule has 1 heterocycles. The highest BCUT2D eigenvalue weighted by atomic mass is 16.5. The van der Waals surface area contributed by atoms with Crippen molar-refractivity contribution in [1.82, 2.24) is 10.2 Å². The van der Waals surface area contributed by atoms with Gasteiger partial charge in [-0.25, -0.2) is 4.79 Å². The third-order valence-electron chi connectivity index (χ3n) is 5.74. The predicted molar refractivity (Wildman–Crippen MR) is 102 cm³/mol. The summed E-state index contributed by atoms with van der Waals surface area (Å²) in [5.74, 6) is 0.737. The van der Waals surface area contributed by atoms with Crippen LogP contribution in [0.25, 0.3) is 0 Å². The lowest BCUT2D eigenvalue weighted by molar-refractivity contribution is 0.0356. The van der Waals surface area contributed by atoms with Crippen LogP contribution >= 0.6 is 0 Å². The van der Waals surface area contributed by atoms with Gasteiger partial charge in [-0.3, -0.25) is 0 Å². The molecule has 0 atom stereocenters. The van der Waals surface area contributed by atoms with Gasteiger partial charge in [0.15, 0.2) is 0 Å². The Kier molecular flexibility index (Phi) is 7.32. The molecular weight excluding hydrogens is 328 g/mol. The summed E-state index contributed by atoms with van der Waals surface area (Å²) in [7, 11) is 2.25. The molecule has 2 aliphatic rings. The highest BCUT2D eigenvalue weighted by molar-refractivity contribution is 5.67. The fraction of sp³-hybridized carbons (Fsp3) is 0.667. The van der Waals surface area contributed by atoms with Crippen LogP contribution in [0.3, 0.4) is 0 Å². The number of carbonyl (C=O) groups is 1. The van der Waals surface area contributed by atoms with Gasteiger partial charge in [-0.1, -0.05) is 30.3 Å². The van der Waals surface area contributed by atoms with Crippen molar-refractivity contribution in [3.63, 3.8) is 0 Å². The van der Waals surface area contributed by atoms with Gasteiger partial charge in [-0.15, -0.1) is 0 Å². The van der Waals surface area contributed by atoms with Gasteiger partial charge in [-0.05, 0) is 57.1 Å². The van der Waals surface area contributed by atoms with Gasteiger partial charge >= 0.3 is 6.09 Å². The minimum Gasteiger partial charge on any atom is -0.445 e. The van der Waals surface area contributed by atoms with Crippen molar-refractivity contribution in [2.75, 3.05) is 26.8 Å². The maximum atomic E-state index is 12.0. The molecule has 2 fully saturated rings. The molecule has 1 aliphatic heterocycles. The summed E-state index contributed by atoms with van der Waals surface area (Å²) < 4.78 is 10.8. The van der Waals surface area contributed by atoms with Crippen molar-refractivity contribution in [2.24, 2.45) is 5.92 Å². The molecule has 1 amide bonds. The van der Waals surface area contributed by atoms with E-state index < -0.39 is 0 Å². The van der Waals surface area contributed by atoms with Crippen LogP contribution in [0.4, 0.5) is 4.79 Å². The maximum absolute atomic E-state index is 12.0. The molecule has 144 valence electrons. The van der Waals surface area contributed by atoms with E-state index in [2.05, 4.69) is 17.3 Å². The van der Waals surface area contributed by atoms with Crippen molar-refractivity contribution in [3.8, 4) is 0 Å². The standard InChI is InChI=1S/C21H32N2O3/c1-23(20-11-13-25-14-12-20)15-17-7-9-19(10-8-17)22-21(24)26-16-18-5-3-2-4-6-18/h2-6,17,19-20H,7-16H2,1H3,(H,22,24). The van der Waals surface area contributed by atoms with Gasteiger partial charge in [0.05, 0.1) is 0 Å². The first-order valence-electron chi connectivity index (χ1n) is 9.96. The van der Waals surface area contributed by atoms with E-state index >= 15 is 0 Å². The Bertz CT molecular complexity index is 537. The number of benzene rings is 1. The molecule has 3 rings (SSSR count). The zero-order valence-corrected chi connectivity index (χ0v) is 15.9. The first-order valence-corrected chi connectivity index (χ1v) is 9.96. The van der Waals surface area contributed by atoms with Gasteiger partial charge in [-0.2, -0.15) is 0 Å². The number of rotatable bonds is 6. The van der Waals surface area contributed by atoms with Crippen molar-refractivity contribution in [2.45, 2.75) is 57.2 Å². The van der Waals surface area contributed by atoms with Crippen LogP contribution in [0.15, 0.2) is 30.3 Å². The molecule has 5 heteroatoms. The molecule has 0 radical (unpaired) electrons. The Hall–Kier alpha value is -1.59. The molecule has 1 saturated carbocycles. The number of ether oxygens (including phenoxy) is 2. The molecule has 1 aliphatic carbocycles. The molecule has 26 heavy (non-hydrogen) atoms. The van der Waals surface area contributed by atoms with E-state index in [1.807, 2.05) is 30.3 Å². The van der Waals surface area contributed by atoms with Gasteiger partial charge in [0, 0.05) is 31.8 Å². The summed E-state index contributed by atoms with van der Waals surface area (Å²) in [6.45, 7) is 3.29. The van der Waals surface area contributed by atoms with Crippen molar-refractivity contribution < 1.29 is 14.3 Å². The molecule has 5 nitrogen and oxygen atoms in total. The smallest absolute Gasteiger partial charge is 0.407 e. The van der Waals surface area contributed by atoms with Crippen LogP contribution in [-0.2, 0) is 16.1 Å². The monoisotopic (exact) mass is 360 g/mol. The lowest BCUT2D eigenvalue weighted by Crippen LogP contribution is -2.42. The number of hydrogen-bond acceptors (Lipinski definition) is 4. The number of nitrogens with zero attached hydrogens (tertiary/aromatic N) is 1. The third-order valence-corrected chi connectivity index (χ3v) is 5.74. The zero-order chi connectivity index (χ0) is 18.2. The average Bonchev–Trinajstić information content (AvgIpc) is 2.69. The number of hydrogen-bond donors (Lipinski definition) is 1. The van der Waals surface area contributed by atoms with Crippen molar-refractivity contribution in [3.05, 3.63) is 35.9 Å². The van der Waals surface area contributed by atoms with E-state index in [0.29, 0.717) is 12.6 Å². The molecule has 0 unspecified atom stereocenters. The highest BCUT2D eigenvalue weighted by Gasteiger charge is 2.26. The lowest BCUT2D eigenvalue weighted by atomic mass is 9.85. The predicted octanol–water partition coefficient (Wildman–Crippen LogP) is 3.58. The SMILES string of the molecule is CN(CC1CCC(NC(=O)OCc2ccccc2)CC1)C1CCOCC1. The first-order chi connectivity index (χ1) is 12.7. The summed E-state index contributed by atoms with van der Waals surface area (Å²) in [6, 6.07) is 10.7. The largest absolute Gasteiger partial charge is 0.445 e. The van der Waals surface area contributed by atoms with E-state index in [1.165, 1.54) is 12.8 Å². The van der Waals surface area contributed by atoms with Crippen LogP contribution < -0.4 is 5.32 Å². The molecular formula is C21H32N2O3. The Labute approximate surface area is 157 Å². The van der Waals surface area contributed by atoms with E-state index in [4.69, 9.17) is 9.47 Å². The van der Waals surface area contributed by atoms with Crippen LogP contribution in [0.2, 0.25) is 0 Å². The number of alkyl carbamates (subject to hydrolysis) is 1. The van der Waals surface area contributed by atoms with E-state index in [1.54, 1.807) is 0 Å². The molecule has 0 aromatic heterocycles. The summed E-state index contributed by atoms with van der Waals surface area (Å²) in [6.07, 6.45) is 6.46. The van der Waals surface area contributed by atoms with Gasteiger partial charge < -0.3 is 19.7 Å². The van der Waals surface area contributed by atoms with Gasteiger partial charge in [0.2, 0.25) is 0 Å². The fourth-order valence-corrected chi connectivity index (χ4v) is 4.10. The van der Waals surface area contributed by atoms with Crippen LogP contribution in [0, 0.1) is 5.92 Å². The number of amides is 1. The van der Waals surface area contributed by atoms with Gasteiger partial charge in [0.1, 0.15) is 6.61 Å². The Morgan fingerprint density at radius 1 is 1.12 bits per heavy atom. The quantitative estimate of drug-likeness (QED) is 0.842. The number of carbonyl (C=O) groups excluding carboxylic acids is 1. The van der Waals surface area contributed by atoms with E-state index in [9.17, 15) is 4.79 Å². The van der Waals surface area contributed by atoms with Gasteiger partial charge in [0.25, 0.3) is 0 Å². The minimum atomic E-state index is -0.295. The average molecular weight is 360 g/mol. The topological polar surface area (TPSA) is 50.8 Å². The summed E-state index contributed by atoms with van der Waals surface area (Å²) in [5, 5.41) is 3.04. The van der Waals surface area contributed by atoms with Crippen molar-refractivity contribution >= 4 is 6.09 Å². The third kappa shape index (κ3) is 5.99. The molecule has 0 bridgehead atoms. The molecule has 0 spiro atoms. The molecule has 1 saturated heterocycles. The zero-order valence-electron chi connectivity index (χ0n) is 15.9. The summed E-state index contributed by atoms with van der Waals surface area (Å²) in [5.41, 5.74) is 1.02. The second-order valence-electron chi connectivity index (χ2n) is 7.71. The van der Waals surface area contributed by atoms with Crippen LogP contribution in [0.5, 0.6) is 0 Å². The van der Waals surface area contributed by atoms with Crippen LogP contribution in [-0.4, -0.2) is 49.9 Å². The minimum absolute atomic E-state index is 0.253. The summed E-state index contributed by atoms with van der Waals surface area (Å²) >= 11 is 0. The molecule has 1 N–H and O–H groups in total. The van der Waals surface area contributed by atoms with Crippen molar-refractivity contribution in [1.29, 1.82) is 0 Å². The number of nitrogens with one attached hydrogen (secondary N) is 1. The maximum Gasteiger partial charge on any atom is 0.407 e. The fourth-order valence-electron chi connectivity index (χ4n) is 4.10. The Morgan fingerprint density at radius 3 is 2.50 bits per heavy atom. The first kappa shape index (κ1) is 19.2. The highest BCUT2D eigenvalue weighted by Crippen LogP contribution is 2.26. The Balaban J connectivity index is 1.32. The van der Waals surface area contributed by atoms with E-state index in [0.717, 1.165) is 56.9 Å². The lowest BCUT2D eigenvalue weighted by Gasteiger charge is -2.36. The second kappa shape index (κ2) is 9.93.